The summed E-state index contributed by atoms with van der Waals surface area (Å²) in [7, 11) is 0. The first-order valence-electron chi connectivity index (χ1n) is 7.66. The first kappa shape index (κ1) is 11.3. The molecule has 1 saturated heterocycles. The number of carbonyl (C=O) groups is 1. The van der Waals surface area contributed by atoms with E-state index >= 15 is 0 Å². The van der Waals surface area contributed by atoms with Gasteiger partial charge in [0.2, 0.25) is 5.91 Å². The van der Waals surface area contributed by atoms with Crippen molar-refractivity contribution < 1.29 is 4.79 Å². The lowest BCUT2D eigenvalue weighted by Gasteiger charge is -2.60. The van der Waals surface area contributed by atoms with E-state index in [0.29, 0.717) is 6.54 Å². The number of hydrogen-bond donors (Lipinski definition) is 2. The lowest BCUT2D eigenvalue weighted by Crippen LogP contribution is -2.68. The second kappa shape index (κ2) is 3.72. The van der Waals surface area contributed by atoms with Gasteiger partial charge in [0, 0.05) is 12.1 Å². The summed E-state index contributed by atoms with van der Waals surface area (Å²) in [5, 5.41) is 6.64. The normalized spacial score (nSPS) is 54.5. The van der Waals surface area contributed by atoms with Crippen LogP contribution in [0.2, 0.25) is 0 Å². The minimum absolute atomic E-state index is 0.149. The molecule has 3 heteroatoms. The molecule has 5 aliphatic rings. The highest BCUT2D eigenvalue weighted by molar-refractivity contribution is 5.79. The number of amides is 1. The minimum Gasteiger partial charge on any atom is -0.353 e. The lowest BCUT2D eigenvalue weighted by atomic mass is 9.48. The van der Waals surface area contributed by atoms with E-state index in [-0.39, 0.29) is 11.4 Å². The second-order valence-electron chi connectivity index (χ2n) is 7.50. The first-order chi connectivity index (χ1) is 8.64. The second-order valence-corrected chi connectivity index (χ2v) is 7.50. The molecule has 18 heavy (non-hydrogen) atoms. The summed E-state index contributed by atoms with van der Waals surface area (Å²) in [6.07, 6.45) is 7.36. The molecule has 4 bridgehead atoms. The quantitative estimate of drug-likeness (QED) is 0.739. The van der Waals surface area contributed by atoms with Crippen LogP contribution in [-0.4, -0.2) is 24.5 Å². The third-order valence-corrected chi connectivity index (χ3v) is 6.27. The number of piperazine rings is 1. The molecule has 1 aliphatic heterocycles. The van der Waals surface area contributed by atoms with Gasteiger partial charge >= 0.3 is 0 Å². The average molecular weight is 248 g/mol. The van der Waals surface area contributed by atoms with Crippen molar-refractivity contribution in [1.82, 2.24) is 10.6 Å². The Morgan fingerprint density at radius 3 is 2.17 bits per heavy atom. The van der Waals surface area contributed by atoms with Crippen LogP contribution < -0.4 is 10.6 Å². The molecule has 1 amide bonds. The SMILES string of the molecule is CC1(C2C3CC4CC(C3)CC2C4)CNC(=O)CN1. The first-order valence-corrected chi connectivity index (χ1v) is 7.66. The van der Waals surface area contributed by atoms with E-state index in [1.807, 2.05) is 0 Å². The number of carbonyl (C=O) groups excluding carboxylic acids is 1. The summed E-state index contributed by atoms with van der Waals surface area (Å²) in [4.78, 5) is 11.4. The predicted octanol–water partition coefficient (Wildman–Crippen LogP) is 1.54. The molecule has 1 unspecified atom stereocenters. The van der Waals surface area contributed by atoms with Crippen LogP contribution >= 0.6 is 0 Å². The van der Waals surface area contributed by atoms with Gasteiger partial charge in [0.25, 0.3) is 0 Å². The summed E-state index contributed by atoms with van der Waals surface area (Å²) in [5.41, 5.74) is 0.149. The predicted molar refractivity (Wildman–Crippen MR) is 70.0 cm³/mol. The highest BCUT2D eigenvalue weighted by Crippen LogP contribution is 2.59. The maximum Gasteiger partial charge on any atom is 0.234 e. The standard InChI is InChI=1S/C15H24N2O/c1-15(8-16-13(18)7-17-15)14-11-3-9-2-10(5-11)6-12(14)4-9/h9-12,14,17H,2-8H2,1H3,(H,16,18). The Balaban J connectivity index is 1.59. The van der Waals surface area contributed by atoms with Crippen LogP contribution in [0.1, 0.15) is 39.0 Å². The Labute approximate surface area is 109 Å². The van der Waals surface area contributed by atoms with Gasteiger partial charge in [0.1, 0.15) is 0 Å². The molecule has 1 heterocycles. The van der Waals surface area contributed by atoms with Crippen molar-refractivity contribution in [2.45, 2.75) is 44.6 Å². The van der Waals surface area contributed by atoms with Crippen molar-refractivity contribution in [2.75, 3.05) is 13.1 Å². The molecule has 4 saturated carbocycles. The third kappa shape index (κ3) is 1.56. The van der Waals surface area contributed by atoms with E-state index in [1.54, 1.807) is 0 Å². The summed E-state index contributed by atoms with van der Waals surface area (Å²) < 4.78 is 0. The maximum absolute atomic E-state index is 11.4. The van der Waals surface area contributed by atoms with Crippen molar-refractivity contribution >= 4 is 5.91 Å². The zero-order chi connectivity index (χ0) is 12.3. The summed E-state index contributed by atoms with van der Waals surface area (Å²) in [6, 6.07) is 0. The molecule has 5 fully saturated rings. The monoisotopic (exact) mass is 248 g/mol. The molecule has 0 aromatic rings. The van der Waals surface area contributed by atoms with E-state index in [0.717, 1.165) is 36.1 Å². The summed E-state index contributed by atoms with van der Waals surface area (Å²) >= 11 is 0. The third-order valence-electron chi connectivity index (χ3n) is 6.27. The van der Waals surface area contributed by atoms with Gasteiger partial charge in [-0.05, 0) is 68.6 Å². The van der Waals surface area contributed by atoms with Crippen LogP contribution in [0.25, 0.3) is 0 Å². The van der Waals surface area contributed by atoms with E-state index in [2.05, 4.69) is 17.6 Å². The summed E-state index contributed by atoms with van der Waals surface area (Å²) in [5.74, 6) is 4.88. The topological polar surface area (TPSA) is 41.1 Å². The molecule has 2 N–H and O–H groups in total. The molecule has 100 valence electrons. The highest BCUT2D eigenvalue weighted by Gasteiger charge is 2.54. The average Bonchev–Trinajstić information content (AvgIpc) is 2.32. The van der Waals surface area contributed by atoms with Crippen LogP contribution in [-0.2, 0) is 4.79 Å². The van der Waals surface area contributed by atoms with Crippen LogP contribution in [0.4, 0.5) is 0 Å². The van der Waals surface area contributed by atoms with Gasteiger partial charge in [0.05, 0.1) is 6.54 Å². The van der Waals surface area contributed by atoms with Gasteiger partial charge in [0.15, 0.2) is 0 Å². The molecule has 0 aromatic carbocycles. The Morgan fingerprint density at radius 2 is 1.67 bits per heavy atom. The smallest absolute Gasteiger partial charge is 0.234 e. The Kier molecular flexibility index (Phi) is 2.33. The van der Waals surface area contributed by atoms with Crippen LogP contribution in [0.15, 0.2) is 0 Å². The van der Waals surface area contributed by atoms with E-state index in [1.165, 1.54) is 32.1 Å². The number of nitrogens with one attached hydrogen (secondary N) is 2. The molecular weight excluding hydrogens is 224 g/mol. The number of rotatable bonds is 1. The molecular formula is C15H24N2O. The van der Waals surface area contributed by atoms with Crippen LogP contribution in [0.5, 0.6) is 0 Å². The molecule has 0 aromatic heterocycles. The van der Waals surface area contributed by atoms with Crippen molar-refractivity contribution in [2.24, 2.45) is 29.6 Å². The summed E-state index contributed by atoms with van der Waals surface area (Å²) in [6.45, 7) is 3.69. The maximum atomic E-state index is 11.4. The molecule has 3 nitrogen and oxygen atoms in total. The van der Waals surface area contributed by atoms with Crippen molar-refractivity contribution in [3.05, 3.63) is 0 Å². The molecule has 4 aliphatic carbocycles. The highest BCUT2D eigenvalue weighted by atomic mass is 16.2. The van der Waals surface area contributed by atoms with E-state index in [9.17, 15) is 4.79 Å². The fourth-order valence-electron chi connectivity index (χ4n) is 5.89. The zero-order valence-electron chi connectivity index (χ0n) is 11.2. The largest absolute Gasteiger partial charge is 0.353 e. The van der Waals surface area contributed by atoms with Crippen LogP contribution in [0, 0.1) is 29.6 Å². The molecule has 0 radical (unpaired) electrons. The fourth-order valence-corrected chi connectivity index (χ4v) is 5.89. The minimum atomic E-state index is 0.149. The fraction of sp³-hybridized carbons (Fsp3) is 0.933. The van der Waals surface area contributed by atoms with E-state index < -0.39 is 0 Å². The lowest BCUT2D eigenvalue weighted by molar-refractivity contribution is -0.126. The number of hydrogen-bond acceptors (Lipinski definition) is 2. The van der Waals surface area contributed by atoms with E-state index in [4.69, 9.17) is 0 Å². The molecule has 0 spiro atoms. The van der Waals surface area contributed by atoms with Gasteiger partial charge in [-0.2, -0.15) is 0 Å². The van der Waals surface area contributed by atoms with Crippen molar-refractivity contribution in [1.29, 1.82) is 0 Å². The molecule has 1 atom stereocenters. The van der Waals surface area contributed by atoms with Crippen LogP contribution in [0.3, 0.4) is 0 Å². The Bertz CT molecular complexity index is 341. The van der Waals surface area contributed by atoms with Gasteiger partial charge in [-0.25, -0.2) is 0 Å². The van der Waals surface area contributed by atoms with Gasteiger partial charge in [-0.1, -0.05) is 0 Å². The van der Waals surface area contributed by atoms with Crippen molar-refractivity contribution in [3.63, 3.8) is 0 Å². The Hall–Kier alpha value is -0.570. The zero-order valence-corrected chi connectivity index (χ0v) is 11.2. The molecule has 5 rings (SSSR count). The Morgan fingerprint density at radius 1 is 1.06 bits per heavy atom. The van der Waals surface area contributed by atoms with Gasteiger partial charge in [-0.3, -0.25) is 4.79 Å². The van der Waals surface area contributed by atoms with Gasteiger partial charge < -0.3 is 10.6 Å². The van der Waals surface area contributed by atoms with Gasteiger partial charge in [-0.15, -0.1) is 0 Å². The van der Waals surface area contributed by atoms with Crippen molar-refractivity contribution in [3.8, 4) is 0 Å².